The highest BCUT2D eigenvalue weighted by Crippen LogP contribution is 2.12. The zero-order valence-corrected chi connectivity index (χ0v) is 14.6. The van der Waals surface area contributed by atoms with Crippen LogP contribution < -0.4 is 0 Å². The first-order chi connectivity index (χ1) is 10.1. The molecule has 0 aromatic carbocycles. The first-order valence-electron chi connectivity index (χ1n) is 8.97. The van der Waals surface area contributed by atoms with Crippen LogP contribution in [0.15, 0.2) is 6.20 Å². The summed E-state index contributed by atoms with van der Waals surface area (Å²) in [5, 5.41) is 8.48. The van der Waals surface area contributed by atoms with E-state index in [9.17, 15) is 0 Å². The highest BCUT2D eigenvalue weighted by atomic mass is 15.4. The Bertz CT molecular complexity index is 355. The summed E-state index contributed by atoms with van der Waals surface area (Å²) in [6, 6.07) is 0. The fourth-order valence-corrected chi connectivity index (χ4v) is 2.53. The van der Waals surface area contributed by atoms with Gasteiger partial charge in [-0.15, -0.1) is 5.10 Å². The Labute approximate surface area is 131 Å². The van der Waals surface area contributed by atoms with E-state index in [2.05, 4.69) is 44.2 Å². The van der Waals surface area contributed by atoms with E-state index in [1.54, 1.807) is 0 Å². The van der Waals surface area contributed by atoms with Crippen molar-refractivity contribution in [1.82, 2.24) is 15.0 Å². The SMILES string of the molecule is CC(C)CCCCCCCCn1cc(CCC(C)C)nn1. The van der Waals surface area contributed by atoms with Crippen LogP contribution in [0, 0.1) is 11.8 Å². The molecule has 0 N–H and O–H groups in total. The van der Waals surface area contributed by atoms with Gasteiger partial charge in [0.05, 0.1) is 5.69 Å². The van der Waals surface area contributed by atoms with E-state index >= 15 is 0 Å². The maximum absolute atomic E-state index is 4.26. The molecule has 1 aromatic rings. The van der Waals surface area contributed by atoms with Crippen molar-refractivity contribution in [2.24, 2.45) is 11.8 Å². The number of hydrogen-bond acceptors (Lipinski definition) is 2. The van der Waals surface area contributed by atoms with Crippen molar-refractivity contribution in [1.29, 1.82) is 0 Å². The zero-order chi connectivity index (χ0) is 15.5. The fraction of sp³-hybridized carbons (Fsp3) is 0.889. The largest absolute Gasteiger partial charge is 0.252 e. The van der Waals surface area contributed by atoms with Gasteiger partial charge in [-0.3, -0.25) is 4.68 Å². The molecule has 0 radical (unpaired) electrons. The summed E-state index contributed by atoms with van der Waals surface area (Å²) in [7, 11) is 0. The highest BCUT2D eigenvalue weighted by Gasteiger charge is 2.02. The standard InChI is InChI=1S/C18H35N3/c1-16(2)11-9-7-5-6-8-10-14-21-15-18(19-20-21)13-12-17(3)4/h15-17H,5-14H2,1-4H3. The van der Waals surface area contributed by atoms with Crippen LogP contribution in [0.5, 0.6) is 0 Å². The van der Waals surface area contributed by atoms with Crippen LogP contribution in [0.4, 0.5) is 0 Å². The lowest BCUT2D eigenvalue weighted by molar-refractivity contribution is 0.492. The highest BCUT2D eigenvalue weighted by molar-refractivity contribution is 4.92. The Balaban J connectivity index is 2.00. The van der Waals surface area contributed by atoms with Gasteiger partial charge < -0.3 is 0 Å². The van der Waals surface area contributed by atoms with Crippen molar-refractivity contribution in [3.63, 3.8) is 0 Å². The molecule has 0 fully saturated rings. The molecule has 0 amide bonds. The van der Waals surface area contributed by atoms with Crippen molar-refractivity contribution in [2.75, 3.05) is 0 Å². The Morgan fingerprint density at radius 1 is 0.857 bits per heavy atom. The predicted molar refractivity (Wildman–Crippen MR) is 90.3 cm³/mol. The maximum atomic E-state index is 4.26. The average Bonchev–Trinajstić information content (AvgIpc) is 2.87. The molecule has 1 aromatic heterocycles. The smallest absolute Gasteiger partial charge is 0.0827 e. The quantitative estimate of drug-likeness (QED) is 0.492. The molecular weight excluding hydrogens is 258 g/mol. The molecule has 3 nitrogen and oxygen atoms in total. The van der Waals surface area contributed by atoms with Gasteiger partial charge in [0.2, 0.25) is 0 Å². The van der Waals surface area contributed by atoms with E-state index in [0.29, 0.717) is 0 Å². The van der Waals surface area contributed by atoms with Crippen LogP contribution in [0.1, 0.15) is 84.8 Å². The summed E-state index contributed by atoms with van der Waals surface area (Å²) >= 11 is 0. The Hall–Kier alpha value is -0.860. The molecule has 0 atom stereocenters. The molecule has 1 rings (SSSR count). The minimum absolute atomic E-state index is 0.742. The van der Waals surface area contributed by atoms with Crippen molar-refractivity contribution in [3.8, 4) is 0 Å². The second-order valence-electron chi connectivity index (χ2n) is 7.21. The van der Waals surface area contributed by atoms with E-state index in [1.807, 2.05) is 4.68 Å². The average molecular weight is 293 g/mol. The maximum Gasteiger partial charge on any atom is 0.0827 e. The normalized spacial score (nSPS) is 11.7. The van der Waals surface area contributed by atoms with Crippen molar-refractivity contribution >= 4 is 0 Å². The van der Waals surface area contributed by atoms with E-state index in [4.69, 9.17) is 0 Å². The van der Waals surface area contributed by atoms with Crippen molar-refractivity contribution < 1.29 is 0 Å². The molecule has 0 saturated carbocycles. The molecule has 21 heavy (non-hydrogen) atoms. The van der Waals surface area contributed by atoms with Crippen molar-refractivity contribution in [3.05, 3.63) is 11.9 Å². The second-order valence-corrected chi connectivity index (χ2v) is 7.21. The van der Waals surface area contributed by atoms with Crippen molar-refractivity contribution in [2.45, 2.75) is 92.0 Å². The third-order valence-corrected chi connectivity index (χ3v) is 3.98. The minimum Gasteiger partial charge on any atom is -0.252 e. The molecule has 0 aliphatic heterocycles. The van der Waals surface area contributed by atoms with Gasteiger partial charge in [-0.1, -0.05) is 71.4 Å². The van der Waals surface area contributed by atoms with Crippen LogP contribution in [0.25, 0.3) is 0 Å². The summed E-state index contributed by atoms with van der Waals surface area (Å²) in [6.07, 6.45) is 13.9. The van der Waals surface area contributed by atoms with Gasteiger partial charge >= 0.3 is 0 Å². The summed E-state index contributed by atoms with van der Waals surface area (Å²) in [5.41, 5.74) is 1.15. The molecule has 0 saturated heterocycles. The monoisotopic (exact) mass is 293 g/mol. The lowest BCUT2D eigenvalue weighted by Gasteiger charge is -2.04. The zero-order valence-electron chi connectivity index (χ0n) is 14.6. The molecule has 0 aliphatic rings. The minimum atomic E-state index is 0.742. The molecule has 0 aliphatic carbocycles. The fourth-order valence-electron chi connectivity index (χ4n) is 2.53. The lowest BCUT2D eigenvalue weighted by atomic mass is 10.0. The number of hydrogen-bond donors (Lipinski definition) is 0. The lowest BCUT2D eigenvalue weighted by Crippen LogP contribution is -1.98. The van der Waals surface area contributed by atoms with E-state index in [-0.39, 0.29) is 0 Å². The Morgan fingerprint density at radius 3 is 2.14 bits per heavy atom. The summed E-state index contributed by atoms with van der Waals surface area (Å²) in [6.45, 7) is 10.2. The molecule has 0 unspecified atom stereocenters. The second kappa shape index (κ2) is 10.8. The van der Waals surface area contributed by atoms with Crippen LogP contribution in [0.2, 0.25) is 0 Å². The number of aryl methyl sites for hydroxylation is 2. The number of unbranched alkanes of at least 4 members (excludes halogenated alkanes) is 5. The van der Waals surface area contributed by atoms with Gasteiger partial charge in [-0.05, 0) is 31.1 Å². The van der Waals surface area contributed by atoms with Crippen LogP contribution in [-0.2, 0) is 13.0 Å². The first-order valence-corrected chi connectivity index (χ1v) is 8.97. The molecular formula is C18H35N3. The van der Waals surface area contributed by atoms with Gasteiger partial charge in [-0.25, -0.2) is 0 Å². The van der Waals surface area contributed by atoms with Gasteiger partial charge in [0, 0.05) is 12.7 Å². The number of aromatic nitrogens is 3. The van der Waals surface area contributed by atoms with E-state index in [0.717, 1.165) is 30.5 Å². The summed E-state index contributed by atoms with van der Waals surface area (Å²) in [5.74, 6) is 1.60. The third-order valence-electron chi connectivity index (χ3n) is 3.98. The molecule has 122 valence electrons. The Morgan fingerprint density at radius 2 is 1.48 bits per heavy atom. The third kappa shape index (κ3) is 9.65. The molecule has 0 spiro atoms. The Kier molecular flexibility index (Phi) is 9.36. The topological polar surface area (TPSA) is 30.7 Å². The summed E-state index contributed by atoms with van der Waals surface area (Å²) in [4.78, 5) is 0. The van der Waals surface area contributed by atoms with Gasteiger partial charge in [0.15, 0.2) is 0 Å². The summed E-state index contributed by atoms with van der Waals surface area (Å²) < 4.78 is 2.02. The molecule has 0 bridgehead atoms. The van der Waals surface area contributed by atoms with Gasteiger partial charge in [-0.2, -0.15) is 0 Å². The van der Waals surface area contributed by atoms with Gasteiger partial charge in [0.1, 0.15) is 0 Å². The van der Waals surface area contributed by atoms with Crippen LogP contribution in [0.3, 0.4) is 0 Å². The van der Waals surface area contributed by atoms with Crippen LogP contribution in [-0.4, -0.2) is 15.0 Å². The van der Waals surface area contributed by atoms with Gasteiger partial charge in [0.25, 0.3) is 0 Å². The number of nitrogens with zero attached hydrogens (tertiary/aromatic N) is 3. The predicted octanol–water partition coefficient (Wildman–Crippen LogP) is 5.25. The first kappa shape index (κ1) is 18.2. The molecule has 3 heteroatoms. The number of rotatable bonds is 12. The van der Waals surface area contributed by atoms with E-state index < -0.39 is 0 Å². The molecule has 1 heterocycles. The van der Waals surface area contributed by atoms with E-state index in [1.165, 1.54) is 51.4 Å². The van der Waals surface area contributed by atoms with Crippen LogP contribution >= 0.6 is 0 Å².